The minimum absolute atomic E-state index is 0.0702. The van der Waals surface area contributed by atoms with Crippen LogP contribution >= 0.6 is 0 Å². The number of aryl methyl sites for hydroxylation is 1. The molecule has 2 unspecified atom stereocenters. The number of rotatable bonds is 10. The number of fused-ring (bicyclic) bond motifs is 1. The Morgan fingerprint density at radius 1 is 1.16 bits per heavy atom. The Labute approximate surface area is 250 Å². The molecule has 0 saturated carbocycles. The van der Waals surface area contributed by atoms with Crippen LogP contribution in [0.1, 0.15) is 49.7 Å². The van der Waals surface area contributed by atoms with E-state index in [4.69, 9.17) is 15.5 Å². The number of aromatic nitrogens is 5. The fourth-order valence-corrected chi connectivity index (χ4v) is 5.19. The number of imidazole rings is 1. The Balaban J connectivity index is 1.81. The van der Waals surface area contributed by atoms with Gasteiger partial charge in [0.25, 0.3) is 0 Å². The van der Waals surface area contributed by atoms with Crippen molar-refractivity contribution < 1.29 is 26.7 Å². The van der Waals surface area contributed by atoms with Crippen LogP contribution in [0.4, 0.5) is 39.4 Å². The van der Waals surface area contributed by atoms with Crippen LogP contribution in [0.3, 0.4) is 0 Å². The monoisotopic (exact) mass is 619 g/mol. The summed E-state index contributed by atoms with van der Waals surface area (Å²) in [6.45, 7) is 5.99. The Hall–Kier alpha value is -4.27. The molecule has 1 aliphatic heterocycles. The molecule has 0 spiro atoms. The van der Waals surface area contributed by atoms with E-state index in [0.717, 1.165) is 25.2 Å². The first kappa shape index (κ1) is 31.2. The Morgan fingerprint density at radius 3 is 2.50 bits per heavy atom. The lowest BCUT2D eigenvalue weighted by Gasteiger charge is -2.40. The molecular formula is C29H34F5N9O. The first-order valence-corrected chi connectivity index (χ1v) is 14.2. The van der Waals surface area contributed by atoms with Crippen LogP contribution in [-0.2, 0) is 13.2 Å². The van der Waals surface area contributed by atoms with Crippen LogP contribution < -0.4 is 26.0 Å². The molecule has 10 nitrogen and oxygen atoms in total. The van der Waals surface area contributed by atoms with Crippen molar-refractivity contribution in [1.82, 2.24) is 29.8 Å². The van der Waals surface area contributed by atoms with Crippen molar-refractivity contribution in [3.8, 4) is 17.1 Å². The van der Waals surface area contributed by atoms with Gasteiger partial charge in [0.15, 0.2) is 5.82 Å². The number of anilines is 3. The van der Waals surface area contributed by atoms with E-state index in [1.807, 2.05) is 29.6 Å². The van der Waals surface area contributed by atoms with Gasteiger partial charge in [-0.15, -0.1) is 0 Å². The van der Waals surface area contributed by atoms with Gasteiger partial charge < -0.3 is 30.6 Å². The molecule has 4 heterocycles. The number of nitrogens with zero attached hydrogens (tertiary/aromatic N) is 6. The third kappa shape index (κ3) is 5.55. The van der Waals surface area contributed by atoms with E-state index in [9.17, 15) is 17.6 Å². The standard InChI is InChI=1S/C29H34F5N9O/c1-6-14(2)44-27-19-24(22(31)23(39-27)16-13-17(35)21(30)15(3)20(16)29(32,33)34)40-28(41-25(19)37-9-8-36-4)43-11-7-18(43)26-38-10-12-42(26)5/h10,12-14,18,36H,6-9,11,35H2,1-5H3,(H,37,40,41). The lowest BCUT2D eigenvalue weighted by molar-refractivity contribution is -0.137. The van der Waals surface area contributed by atoms with Crippen molar-refractivity contribution in [3.63, 3.8) is 0 Å². The maximum absolute atomic E-state index is 16.7. The molecule has 0 radical (unpaired) electrons. The summed E-state index contributed by atoms with van der Waals surface area (Å²) in [5.74, 6) is -1.44. The summed E-state index contributed by atoms with van der Waals surface area (Å²) in [4.78, 5) is 19.8. The second kappa shape index (κ2) is 12.0. The zero-order valence-electron chi connectivity index (χ0n) is 25.0. The quantitative estimate of drug-likeness (QED) is 0.122. The molecule has 15 heteroatoms. The van der Waals surface area contributed by atoms with Crippen molar-refractivity contribution >= 4 is 28.4 Å². The average Bonchev–Trinajstić information content (AvgIpc) is 3.36. The second-order valence-corrected chi connectivity index (χ2v) is 10.8. The molecule has 44 heavy (non-hydrogen) atoms. The average molecular weight is 620 g/mol. The number of alkyl halides is 3. The van der Waals surface area contributed by atoms with E-state index in [2.05, 4.69) is 25.6 Å². The summed E-state index contributed by atoms with van der Waals surface area (Å²) < 4.78 is 82.3. The van der Waals surface area contributed by atoms with Crippen LogP contribution in [0, 0.1) is 18.6 Å². The number of likely N-dealkylation sites (N-methyl/N-ethyl adjacent to an activating group) is 1. The van der Waals surface area contributed by atoms with Gasteiger partial charge in [0.1, 0.15) is 34.1 Å². The topological polar surface area (TPSA) is 119 Å². The van der Waals surface area contributed by atoms with Gasteiger partial charge in [0.05, 0.1) is 23.4 Å². The molecule has 1 saturated heterocycles. The third-order valence-corrected chi connectivity index (χ3v) is 7.79. The molecule has 0 amide bonds. The maximum atomic E-state index is 16.7. The highest BCUT2D eigenvalue weighted by molar-refractivity contribution is 5.97. The summed E-state index contributed by atoms with van der Waals surface area (Å²) in [5.41, 5.74) is 1.28. The molecular weight excluding hydrogens is 585 g/mol. The number of ether oxygens (including phenoxy) is 1. The van der Waals surface area contributed by atoms with Crippen molar-refractivity contribution in [2.75, 3.05) is 42.6 Å². The SMILES string of the molecule is CCC(C)Oc1nc(-c2cc(N)c(F)c(C)c2C(F)(F)F)c(F)c2nc(N3CCC3c3nccn3C)nc(NCCNC)c12. The smallest absolute Gasteiger partial charge is 0.417 e. The number of pyridine rings is 1. The van der Waals surface area contributed by atoms with Crippen LogP contribution in [0.25, 0.3) is 22.2 Å². The zero-order chi connectivity index (χ0) is 31.9. The van der Waals surface area contributed by atoms with Crippen LogP contribution in [0.15, 0.2) is 18.5 Å². The Kier molecular flexibility index (Phi) is 8.51. The molecule has 0 bridgehead atoms. The summed E-state index contributed by atoms with van der Waals surface area (Å²) in [6.07, 6.45) is -0.750. The number of halogens is 5. The minimum Gasteiger partial charge on any atom is -0.474 e. The van der Waals surface area contributed by atoms with Gasteiger partial charge in [-0.1, -0.05) is 6.92 Å². The van der Waals surface area contributed by atoms with Crippen LogP contribution in [0.5, 0.6) is 5.88 Å². The predicted octanol–water partition coefficient (Wildman–Crippen LogP) is 5.37. The molecule has 4 aromatic rings. The first-order valence-electron chi connectivity index (χ1n) is 14.2. The van der Waals surface area contributed by atoms with E-state index in [1.165, 1.54) is 0 Å². The Bertz CT molecular complexity index is 1690. The molecule has 0 aliphatic carbocycles. The molecule has 236 valence electrons. The maximum Gasteiger partial charge on any atom is 0.417 e. The van der Waals surface area contributed by atoms with E-state index >= 15 is 4.39 Å². The van der Waals surface area contributed by atoms with Gasteiger partial charge in [-0.05, 0) is 45.4 Å². The zero-order valence-corrected chi connectivity index (χ0v) is 25.0. The van der Waals surface area contributed by atoms with Crippen LogP contribution in [-0.4, -0.2) is 57.3 Å². The van der Waals surface area contributed by atoms with Gasteiger partial charge in [0, 0.05) is 44.6 Å². The molecule has 5 rings (SSSR count). The molecule has 3 aromatic heterocycles. The molecule has 1 aliphatic rings. The van der Waals surface area contributed by atoms with Gasteiger partial charge in [-0.2, -0.15) is 18.2 Å². The van der Waals surface area contributed by atoms with Gasteiger partial charge in [-0.3, -0.25) is 0 Å². The number of nitrogen functional groups attached to an aromatic ring is 1. The summed E-state index contributed by atoms with van der Waals surface area (Å²) in [7, 11) is 3.62. The fourth-order valence-electron chi connectivity index (χ4n) is 5.19. The highest BCUT2D eigenvalue weighted by Gasteiger charge is 2.40. The number of nitrogens with one attached hydrogen (secondary N) is 2. The normalized spacial score (nSPS) is 15.9. The van der Waals surface area contributed by atoms with E-state index < -0.39 is 52.0 Å². The number of benzene rings is 1. The lowest BCUT2D eigenvalue weighted by atomic mass is 9.96. The fraction of sp³-hybridized carbons (Fsp3) is 0.448. The molecule has 1 fully saturated rings. The second-order valence-electron chi connectivity index (χ2n) is 10.8. The number of hydrogen-bond donors (Lipinski definition) is 3. The molecule has 4 N–H and O–H groups in total. The third-order valence-electron chi connectivity index (χ3n) is 7.79. The van der Waals surface area contributed by atoms with Crippen LogP contribution in [0.2, 0.25) is 0 Å². The van der Waals surface area contributed by atoms with E-state index in [-0.39, 0.29) is 34.6 Å². The summed E-state index contributed by atoms with van der Waals surface area (Å²) >= 11 is 0. The number of hydrogen-bond acceptors (Lipinski definition) is 9. The molecule has 1 aromatic carbocycles. The van der Waals surface area contributed by atoms with Crippen molar-refractivity contribution in [2.24, 2.45) is 7.05 Å². The van der Waals surface area contributed by atoms with E-state index in [0.29, 0.717) is 26.1 Å². The summed E-state index contributed by atoms with van der Waals surface area (Å²) in [5, 5.41) is 6.26. The first-order chi connectivity index (χ1) is 20.9. The largest absolute Gasteiger partial charge is 0.474 e. The Morgan fingerprint density at radius 2 is 1.91 bits per heavy atom. The van der Waals surface area contributed by atoms with Crippen molar-refractivity contribution in [3.05, 3.63) is 47.0 Å². The predicted molar refractivity (Wildman–Crippen MR) is 158 cm³/mol. The highest BCUT2D eigenvalue weighted by atomic mass is 19.4. The van der Waals surface area contributed by atoms with Gasteiger partial charge in [0.2, 0.25) is 11.8 Å². The van der Waals surface area contributed by atoms with E-state index in [1.54, 1.807) is 20.2 Å². The van der Waals surface area contributed by atoms with Crippen molar-refractivity contribution in [2.45, 2.75) is 51.9 Å². The summed E-state index contributed by atoms with van der Waals surface area (Å²) in [6, 6.07) is 0.546. The van der Waals surface area contributed by atoms with Gasteiger partial charge >= 0.3 is 6.18 Å². The number of nitrogens with two attached hydrogens (primary N) is 1. The molecule has 2 atom stereocenters. The highest BCUT2D eigenvalue weighted by Crippen LogP contribution is 2.45. The van der Waals surface area contributed by atoms with Gasteiger partial charge in [-0.25, -0.2) is 23.7 Å². The minimum atomic E-state index is -5.04. The lowest BCUT2D eigenvalue weighted by Crippen LogP contribution is -2.43. The van der Waals surface area contributed by atoms with Crippen molar-refractivity contribution in [1.29, 1.82) is 0 Å².